The molecule has 8 nitrogen and oxygen atoms in total. The molecule has 0 spiro atoms. The van der Waals surface area contributed by atoms with Crippen LogP contribution < -0.4 is 14.8 Å². The molecule has 1 unspecified atom stereocenters. The van der Waals surface area contributed by atoms with E-state index in [0.29, 0.717) is 21.7 Å². The fourth-order valence-electron chi connectivity index (χ4n) is 3.59. The molecule has 1 saturated heterocycles. The molecule has 178 valence electrons. The Labute approximate surface area is 215 Å². The number of carbonyl (C=O) groups is 3. The third kappa shape index (κ3) is 5.33. The summed E-state index contributed by atoms with van der Waals surface area (Å²) < 4.78 is 16.7. The summed E-state index contributed by atoms with van der Waals surface area (Å²) in [7, 11) is 1.58. The van der Waals surface area contributed by atoms with E-state index in [2.05, 4.69) is 27.9 Å². The lowest BCUT2D eigenvalue weighted by atomic mass is 10.0. The molecule has 2 aliphatic heterocycles. The second-order valence-electron chi connectivity index (χ2n) is 7.57. The van der Waals surface area contributed by atoms with Crippen molar-refractivity contribution < 1.29 is 28.6 Å². The normalized spacial score (nSPS) is 19.1. The van der Waals surface area contributed by atoms with Crippen molar-refractivity contribution in [3.05, 3.63) is 71.4 Å². The van der Waals surface area contributed by atoms with Crippen LogP contribution in [0.4, 0.5) is 0 Å². The first kappa shape index (κ1) is 24.4. The van der Waals surface area contributed by atoms with Gasteiger partial charge in [0.2, 0.25) is 0 Å². The van der Waals surface area contributed by atoms with Crippen LogP contribution >= 0.6 is 34.4 Å². The Morgan fingerprint density at radius 1 is 1.12 bits per heavy atom. The number of β-lactam (4-membered cyclic amide) rings is 1. The molecule has 2 aliphatic rings. The van der Waals surface area contributed by atoms with E-state index < -0.39 is 17.9 Å². The monoisotopic (exact) mass is 594 g/mol. The molecule has 1 N–H and O–H groups in total. The van der Waals surface area contributed by atoms with Gasteiger partial charge in [0.15, 0.2) is 6.61 Å². The number of esters is 1. The molecule has 0 bridgehead atoms. The van der Waals surface area contributed by atoms with Gasteiger partial charge in [0.1, 0.15) is 35.2 Å². The summed E-state index contributed by atoms with van der Waals surface area (Å²) in [6.45, 7) is -0.117. The molecule has 4 rings (SSSR count). The van der Waals surface area contributed by atoms with Crippen LogP contribution in [0.5, 0.6) is 11.5 Å². The number of para-hydroxylation sites is 1. The lowest BCUT2D eigenvalue weighted by Gasteiger charge is -2.49. The highest BCUT2D eigenvalue weighted by Gasteiger charge is 2.54. The number of nitrogens with zero attached hydrogens (tertiary/aromatic N) is 1. The van der Waals surface area contributed by atoms with Crippen molar-refractivity contribution in [2.75, 3.05) is 23.9 Å². The molecule has 2 amide bonds. The Kier molecular flexibility index (Phi) is 7.99. The number of hydrogen-bond acceptors (Lipinski definition) is 7. The third-order valence-electron chi connectivity index (χ3n) is 5.36. The molecule has 0 radical (unpaired) electrons. The van der Waals surface area contributed by atoms with E-state index in [-0.39, 0.29) is 30.2 Å². The summed E-state index contributed by atoms with van der Waals surface area (Å²) in [5.74, 6) is 0.599. The van der Waals surface area contributed by atoms with Gasteiger partial charge >= 0.3 is 5.97 Å². The Balaban J connectivity index is 1.37. The number of methoxy groups -OCH3 is 1. The van der Waals surface area contributed by atoms with Gasteiger partial charge in [0.05, 0.1) is 7.11 Å². The molecule has 0 saturated carbocycles. The largest absolute Gasteiger partial charge is 0.497 e. The Morgan fingerprint density at radius 2 is 1.85 bits per heavy atom. The molecule has 0 aromatic heterocycles. The quantitative estimate of drug-likeness (QED) is 0.207. The molecule has 2 aromatic rings. The number of ether oxygens (including phenoxy) is 3. The lowest BCUT2D eigenvalue weighted by Crippen LogP contribution is -2.71. The number of nitrogens with one attached hydrogen (secondary N) is 1. The number of hydrogen-bond donors (Lipinski definition) is 1. The highest BCUT2D eigenvalue weighted by molar-refractivity contribution is 14.1. The zero-order valence-electron chi connectivity index (χ0n) is 18.4. The van der Waals surface area contributed by atoms with Crippen LogP contribution in [0.25, 0.3) is 0 Å². The lowest BCUT2D eigenvalue weighted by molar-refractivity contribution is -0.153. The number of amides is 2. The number of carbonyl (C=O) groups excluding carboxylic acids is 3. The van der Waals surface area contributed by atoms with Gasteiger partial charge in [-0.05, 0) is 35.4 Å². The second-order valence-corrected chi connectivity index (χ2v) is 9.43. The summed E-state index contributed by atoms with van der Waals surface area (Å²) in [4.78, 5) is 39.7. The molecule has 34 heavy (non-hydrogen) atoms. The number of fused-ring (bicyclic) bond motifs is 1. The van der Waals surface area contributed by atoms with E-state index >= 15 is 0 Å². The van der Waals surface area contributed by atoms with Crippen molar-refractivity contribution in [2.24, 2.45) is 0 Å². The van der Waals surface area contributed by atoms with Gasteiger partial charge in [-0.3, -0.25) is 14.5 Å². The molecule has 2 aromatic carbocycles. The summed E-state index contributed by atoms with van der Waals surface area (Å²) >= 11 is 3.69. The van der Waals surface area contributed by atoms with Gasteiger partial charge < -0.3 is 19.5 Å². The van der Waals surface area contributed by atoms with E-state index in [9.17, 15) is 14.4 Å². The Hall–Kier alpha value is -2.73. The van der Waals surface area contributed by atoms with Crippen molar-refractivity contribution in [1.82, 2.24) is 10.2 Å². The van der Waals surface area contributed by atoms with E-state index in [1.165, 1.54) is 16.7 Å². The number of halogens is 1. The van der Waals surface area contributed by atoms with Crippen LogP contribution in [-0.4, -0.2) is 58.0 Å². The van der Waals surface area contributed by atoms with Crippen LogP contribution in [0.1, 0.15) is 5.56 Å². The number of benzene rings is 2. The van der Waals surface area contributed by atoms with Gasteiger partial charge in [-0.15, -0.1) is 11.8 Å². The summed E-state index contributed by atoms with van der Waals surface area (Å²) in [6, 6.07) is 15.5. The maximum absolute atomic E-state index is 13.0. The number of alkyl halides is 1. The van der Waals surface area contributed by atoms with Crippen molar-refractivity contribution in [3.63, 3.8) is 0 Å². The zero-order chi connectivity index (χ0) is 24.1. The first-order valence-electron chi connectivity index (χ1n) is 10.5. The van der Waals surface area contributed by atoms with Crippen LogP contribution in [0.3, 0.4) is 0 Å². The molecular weight excluding hydrogens is 571 g/mol. The zero-order valence-corrected chi connectivity index (χ0v) is 21.3. The smallest absolute Gasteiger partial charge is 0.355 e. The Bertz CT molecular complexity index is 1090. The number of rotatable bonds is 9. The number of thioether (sulfide) groups is 1. The van der Waals surface area contributed by atoms with E-state index in [1.807, 2.05) is 30.3 Å². The van der Waals surface area contributed by atoms with E-state index in [0.717, 1.165) is 11.1 Å². The molecule has 2 atom stereocenters. The standard InChI is InChI=1S/C24H23IN2O6S/c1-31-17-9-7-15(8-10-17)12-33-24(30)21-16(11-25)14-34-23-20(22(29)27(21)23)26-19(28)13-32-18-5-3-2-4-6-18/h2-10,20,23H,11-14H2,1H3,(H,26,28)/t20?,23-/m1/s1. The summed E-state index contributed by atoms with van der Waals surface area (Å²) in [5.41, 5.74) is 1.93. The van der Waals surface area contributed by atoms with Crippen molar-refractivity contribution in [3.8, 4) is 11.5 Å². The fourth-order valence-corrected chi connectivity index (χ4v) is 5.94. The van der Waals surface area contributed by atoms with Gasteiger partial charge in [-0.1, -0.05) is 52.9 Å². The van der Waals surface area contributed by atoms with E-state index in [4.69, 9.17) is 14.2 Å². The van der Waals surface area contributed by atoms with Crippen LogP contribution in [0.2, 0.25) is 0 Å². The third-order valence-corrected chi connectivity index (χ3v) is 7.62. The maximum Gasteiger partial charge on any atom is 0.355 e. The van der Waals surface area contributed by atoms with Gasteiger partial charge in [-0.2, -0.15) is 0 Å². The second kappa shape index (κ2) is 11.1. The predicted molar refractivity (Wildman–Crippen MR) is 136 cm³/mol. The first-order chi connectivity index (χ1) is 16.5. The minimum Gasteiger partial charge on any atom is -0.497 e. The van der Waals surface area contributed by atoms with Crippen LogP contribution in [-0.2, 0) is 25.7 Å². The average molecular weight is 594 g/mol. The molecule has 0 aliphatic carbocycles. The predicted octanol–water partition coefficient (Wildman–Crippen LogP) is 2.91. The minimum absolute atomic E-state index is 0.0810. The SMILES string of the molecule is COc1ccc(COC(=O)C2=C(CI)CS[C@@H]3C(NC(=O)COc4ccccc4)C(=O)N23)cc1. The molecule has 1 fully saturated rings. The minimum atomic E-state index is -0.711. The average Bonchev–Trinajstić information content (AvgIpc) is 2.89. The van der Waals surface area contributed by atoms with E-state index in [1.54, 1.807) is 31.4 Å². The van der Waals surface area contributed by atoms with Crippen molar-refractivity contribution >= 4 is 52.1 Å². The Morgan fingerprint density at radius 3 is 2.53 bits per heavy atom. The van der Waals surface area contributed by atoms with Crippen LogP contribution in [0.15, 0.2) is 65.9 Å². The van der Waals surface area contributed by atoms with Crippen LogP contribution in [0, 0.1) is 0 Å². The van der Waals surface area contributed by atoms with Gasteiger partial charge in [0.25, 0.3) is 11.8 Å². The van der Waals surface area contributed by atoms with Crippen molar-refractivity contribution in [2.45, 2.75) is 18.0 Å². The van der Waals surface area contributed by atoms with Gasteiger partial charge in [0, 0.05) is 10.2 Å². The summed E-state index contributed by atoms with van der Waals surface area (Å²) in [5, 5.41) is 2.37. The highest BCUT2D eigenvalue weighted by atomic mass is 127. The summed E-state index contributed by atoms with van der Waals surface area (Å²) in [6.07, 6.45) is 0. The first-order valence-corrected chi connectivity index (χ1v) is 13.1. The van der Waals surface area contributed by atoms with Gasteiger partial charge in [-0.25, -0.2) is 4.79 Å². The molecule has 2 heterocycles. The topological polar surface area (TPSA) is 94.2 Å². The van der Waals surface area contributed by atoms with Crippen molar-refractivity contribution in [1.29, 1.82) is 0 Å². The highest BCUT2D eigenvalue weighted by Crippen LogP contribution is 2.41. The fraction of sp³-hybridized carbons (Fsp3) is 0.292. The molecular formula is C24H23IN2O6S. The molecule has 10 heteroatoms. The maximum atomic E-state index is 13.0.